The molecule has 3 saturated heterocycles. The van der Waals surface area contributed by atoms with Crippen LogP contribution in [-0.2, 0) is 23.7 Å². The number of alkyl carbamates (subject to hydrolysis) is 2. The molecule has 0 bridgehead atoms. The molecule has 0 radical (unpaired) electrons. The van der Waals surface area contributed by atoms with Crippen LogP contribution in [0.1, 0.15) is 145 Å². The molecule has 8 fully saturated rings. The largest absolute Gasteiger partial charge is 1.00 e. The van der Waals surface area contributed by atoms with Gasteiger partial charge in [0, 0.05) is 72.3 Å². The van der Waals surface area contributed by atoms with Crippen molar-refractivity contribution in [1.82, 2.24) is 10.6 Å². The summed E-state index contributed by atoms with van der Waals surface area (Å²) >= 11 is 6.74. The Morgan fingerprint density at radius 2 is 0.762 bits per heavy atom. The molecule has 22 atom stereocenters. The van der Waals surface area contributed by atoms with Crippen molar-refractivity contribution in [3.05, 3.63) is 42.6 Å². The fourth-order valence-electron chi connectivity index (χ4n) is 9.15. The van der Waals surface area contributed by atoms with Gasteiger partial charge < -0.3 is 110 Å². The number of amides is 2. The smallest absolute Gasteiger partial charge is 0.870 e. The van der Waals surface area contributed by atoms with Gasteiger partial charge in [0.15, 0.2) is 0 Å². The van der Waals surface area contributed by atoms with Crippen LogP contribution in [0.25, 0.3) is 6.15 Å². The number of epoxide rings is 3. The van der Waals surface area contributed by atoms with Crippen LogP contribution in [-0.4, -0.2) is 201 Å². The first-order valence-corrected chi connectivity index (χ1v) is 29.5. The third kappa shape index (κ3) is 30.9. The molecule has 26 heteroatoms. The van der Waals surface area contributed by atoms with E-state index in [4.69, 9.17) is 61.9 Å². The van der Waals surface area contributed by atoms with Crippen LogP contribution in [0.3, 0.4) is 0 Å². The van der Waals surface area contributed by atoms with Gasteiger partial charge in [0.2, 0.25) is 0 Å². The van der Waals surface area contributed by atoms with Crippen molar-refractivity contribution in [1.29, 1.82) is 0 Å². The SMILES string of the molecule is C1=CCC=CC1.C1[C@@H]2O[C@@H]2C[C@@H]2O[C@H]12.CC.CC(C)(C)OC(=O)N[C@@H]1C[C@H](N)[C@@H](O)C[C@H]1O.CC(C)(C)OC(=O)N[C@H]1C[C@@H](N)[C@H](O)C[C@@H]1O.N[C@@H]1C[C@H](N)[C@@H](O)C[C@H]1O.O[C@@H]1CC=CC[C@H]1Br.O[C@@H]1C[C@@H]2O[C@@H]2C[C@H]1Br.[NH2-].[Na+].[OH-]. The van der Waals surface area contributed by atoms with Gasteiger partial charge in [0.05, 0.1) is 97.5 Å². The molecule has 5 saturated carbocycles. The number of aliphatic hydroxyl groups is 8. The van der Waals surface area contributed by atoms with E-state index in [1.807, 2.05) is 19.9 Å². The minimum atomic E-state index is -0.794. The van der Waals surface area contributed by atoms with Gasteiger partial charge in [0.25, 0.3) is 0 Å². The Balaban J connectivity index is 0.000000922. The summed E-state index contributed by atoms with van der Waals surface area (Å²) in [5.41, 5.74) is 21.2. The van der Waals surface area contributed by atoms with Crippen molar-refractivity contribution in [2.45, 2.75) is 288 Å². The van der Waals surface area contributed by atoms with Crippen molar-refractivity contribution < 1.29 is 109 Å². The molecule has 3 aliphatic heterocycles. The summed E-state index contributed by atoms with van der Waals surface area (Å²) < 4.78 is 26.0. The normalized spacial score (nSPS) is 38.9. The van der Waals surface area contributed by atoms with Gasteiger partial charge in [-0.1, -0.05) is 82.2 Å². The number of halogens is 2. The zero-order valence-corrected chi connectivity index (χ0v) is 53.8. The van der Waals surface area contributed by atoms with E-state index in [1.54, 1.807) is 41.5 Å². The van der Waals surface area contributed by atoms with E-state index in [1.165, 1.54) is 12.8 Å². The third-order valence-corrected chi connectivity index (χ3v) is 15.9. The molecule has 80 heavy (non-hydrogen) atoms. The molecule has 0 aromatic rings. The van der Waals surface area contributed by atoms with Crippen molar-refractivity contribution in [3.8, 4) is 0 Å². The van der Waals surface area contributed by atoms with Crippen LogP contribution in [0, 0.1) is 0 Å². The van der Waals surface area contributed by atoms with Crippen molar-refractivity contribution >= 4 is 44.0 Å². The maximum Gasteiger partial charge on any atom is 1.00 e. The fourth-order valence-corrected chi connectivity index (χ4v) is 10.2. The standard InChI is InChI=1S/2C11H22N2O4.C6H9BrO2.C6H9BrO.C6H14N2O2.C6H8O2.C6H8.C2H6.H2N.Na.H2O/c2*1-11(2,3)17-10(16)13-7-4-6(12)8(14)5-9(7)15;7-3-1-5-6(9-5)2-4(3)8;7-5-3-1-2-4-6(5)8;7-3-1-4(8)6(10)2-5(3)9;1-3-5(7-3)2-6-4(1)8-6;1-2-4-6-5-3-1;1-2;;;/h2*6-9,14-15H,4-5,12H2,1-3H3,(H,13,16);3-6,8H,1-2H2;1-2,5-6,8H,3-4H2;3-6,9-10H,1-2,7-8H2;3-6H,1-2H2;1-2,5-6H,3-4H2;1-2H3;1H2;;1H2/q;;;;;;;;-1;+1;/p-1/t2*6-,7+,8-,9+;3-,4-,5-,6+;5-,6-;3-,4+,5-,6+;3-,4+,5+,6-;;;;;/m1011......./s1. The molecule has 0 spiro atoms. The number of ether oxygens (including phenoxy) is 5. The zero-order chi connectivity index (χ0) is 57.9. The molecule has 0 aromatic carbocycles. The van der Waals surface area contributed by atoms with Gasteiger partial charge in [-0.2, -0.15) is 0 Å². The Morgan fingerprint density at radius 3 is 1.05 bits per heavy atom. The van der Waals surface area contributed by atoms with Crippen LogP contribution in [0.2, 0.25) is 0 Å². The van der Waals surface area contributed by atoms with Gasteiger partial charge >= 0.3 is 41.7 Å². The van der Waals surface area contributed by atoms with E-state index < -0.39 is 84.2 Å². The number of hydrogen-bond donors (Lipinski definition) is 14. The Morgan fingerprint density at radius 1 is 0.450 bits per heavy atom. The second-order valence-corrected chi connectivity index (χ2v) is 25.4. The van der Waals surface area contributed by atoms with Crippen molar-refractivity contribution in [2.75, 3.05) is 0 Å². The van der Waals surface area contributed by atoms with Crippen molar-refractivity contribution in [3.63, 3.8) is 0 Å². The first kappa shape index (κ1) is 79.0. The fraction of sp³-hybridized carbons (Fsp3) is 0.852. The predicted molar refractivity (Wildman–Crippen MR) is 308 cm³/mol. The van der Waals surface area contributed by atoms with E-state index in [0.717, 1.165) is 38.5 Å². The maximum atomic E-state index is 11.5. The van der Waals surface area contributed by atoms with Crippen LogP contribution in [0.15, 0.2) is 36.5 Å². The van der Waals surface area contributed by atoms with E-state index in [2.05, 4.69) is 72.9 Å². The summed E-state index contributed by atoms with van der Waals surface area (Å²) in [6.45, 7) is 14.6. The summed E-state index contributed by atoms with van der Waals surface area (Å²) in [5.74, 6) is 0. The number of nitrogens with two attached hydrogens (primary N) is 5. The molecule has 0 unspecified atom stereocenters. The molecular weight excluding hydrogens is 1190 g/mol. The van der Waals surface area contributed by atoms with Crippen molar-refractivity contribution in [2.24, 2.45) is 22.9 Å². The minimum Gasteiger partial charge on any atom is -0.870 e. The van der Waals surface area contributed by atoms with Crippen LogP contribution in [0.5, 0.6) is 0 Å². The summed E-state index contributed by atoms with van der Waals surface area (Å²) in [5, 5.41) is 80.1. The second-order valence-electron chi connectivity index (χ2n) is 23.1. The summed E-state index contributed by atoms with van der Waals surface area (Å²) in [6, 6.07) is -2.33. The Hall–Kier alpha value is -0.960. The first-order valence-electron chi connectivity index (χ1n) is 27.6. The molecule has 10 aliphatic rings. The quantitative estimate of drug-likeness (QED) is 0.0775. The monoisotopic (exact) mass is 1280 g/mol. The third-order valence-electron chi connectivity index (χ3n) is 13.9. The number of carbonyl (C=O) groups is 2. The average Bonchev–Trinajstić information content (AvgIpc) is 4.28. The summed E-state index contributed by atoms with van der Waals surface area (Å²) in [6.07, 6.45) is 20.3. The first-order chi connectivity index (χ1) is 36.0. The number of alkyl halides is 2. The summed E-state index contributed by atoms with van der Waals surface area (Å²) in [4.78, 5) is 23.6. The molecular formula is C54H101Br2N7NaO16-. The number of carbonyl (C=O) groups excluding carboxylic acids is 2. The number of rotatable bonds is 2. The molecule has 3 heterocycles. The van der Waals surface area contributed by atoms with Gasteiger partial charge in [-0.25, -0.2) is 9.59 Å². The summed E-state index contributed by atoms with van der Waals surface area (Å²) in [7, 11) is 0. The number of hydrogen-bond acceptors (Lipinski definition) is 20. The van der Waals surface area contributed by atoms with Gasteiger partial charge in [-0.05, 0) is 92.9 Å². The van der Waals surface area contributed by atoms with Crippen LogP contribution >= 0.6 is 31.9 Å². The molecule has 10 rings (SSSR count). The molecule has 0 aromatic heterocycles. The maximum absolute atomic E-state index is 11.5. The molecule has 7 aliphatic carbocycles. The number of allylic oxidation sites excluding steroid dienone is 5. The Labute approximate surface area is 513 Å². The zero-order valence-electron chi connectivity index (χ0n) is 48.6. The van der Waals surface area contributed by atoms with E-state index in [-0.39, 0.29) is 88.0 Å². The van der Waals surface area contributed by atoms with Crippen LogP contribution in [0.4, 0.5) is 9.59 Å². The number of nitrogens with one attached hydrogen (secondary N) is 2. The molecule has 23 nitrogen and oxygen atoms in total. The number of aliphatic hydroxyl groups excluding tert-OH is 8. The van der Waals surface area contributed by atoms with E-state index in [0.29, 0.717) is 62.3 Å². The second kappa shape index (κ2) is 38.3. The average molecular weight is 1290 g/mol. The number of fused-ring (bicyclic) bond motifs is 3. The van der Waals surface area contributed by atoms with Gasteiger partial charge in [-0.15, -0.1) is 0 Å². The van der Waals surface area contributed by atoms with E-state index in [9.17, 15) is 35.1 Å². The predicted octanol–water partition coefficient (Wildman–Crippen LogP) is 0.513. The molecule has 2 amide bonds. The Kier molecular flexibility index (Phi) is 37.8. The van der Waals surface area contributed by atoms with E-state index >= 15 is 0 Å². The Bertz CT molecular complexity index is 1670. The van der Waals surface area contributed by atoms with Gasteiger partial charge in [0.1, 0.15) is 11.2 Å². The van der Waals surface area contributed by atoms with Gasteiger partial charge in [-0.3, -0.25) is 0 Å². The minimum absolute atomic E-state index is 0. The molecule has 464 valence electrons. The molecule has 21 N–H and O–H groups in total. The topological polar surface area (TPSA) is 444 Å². The van der Waals surface area contributed by atoms with Crippen LogP contribution < -0.4 is 63.1 Å².